The first kappa shape index (κ1) is 62.8. The molecule has 27 nitrogen and oxygen atoms in total. The van der Waals surface area contributed by atoms with Gasteiger partial charge in [0, 0.05) is 58.8 Å². The lowest BCUT2D eigenvalue weighted by Crippen LogP contribution is -2.52. The number of cyclic esters (lactones) is 1. The van der Waals surface area contributed by atoms with Crippen molar-refractivity contribution in [2.45, 2.75) is 103 Å². The molecule has 1 amide bonds. The van der Waals surface area contributed by atoms with E-state index in [4.69, 9.17) is 49.6 Å². The van der Waals surface area contributed by atoms with E-state index in [2.05, 4.69) is 20.6 Å². The van der Waals surface area contributed by atoms with E-state index in [0.717, 1.165) is 44.6 Å². The van der Waals surface area contributed by atoms with Crippen LogP contribution in [0.4, 0.5) is 10.5 Å². The number of aliphatic imine (C=N–C) groups is 1. The number of aromatic hydroxyl groups is 1. The largest absolute Gasteiger partial charge is 0.508 e. The molecule has 0 aliphatic carbocycles. The number of alkyl carbamates (subject to hydrolysis) is 1. The number of hydrogen-bond donors (Lipinski definition) is 7. The summed E-state index contributed by atoms with van der Waals surface area (Å²) in [6, 6.07) is 21.1. The van der Waals surface area contributed by atoms with Gasteiger partial charge in [-0.25, -0.2) is 29.0 Å². The first-order chi connectivity index (χ1) is 42.9. The Morgan fingerprint density at radius 3 is 2.36 bits per heavy atom. The van der Waals surface area contributed by atoms with Crippen molar-refractivity contribution in [3.8, 4) is 39.7 Å². The van der Waals surface area contributed by atoms with Crippen LogP contribution < -0.4 is 27.2 Å². The van der Waals surface area contributed by atoms with Gasteiger partial charge in [0.1, 0.15) is 30.3 Å². The maximum absolute atomic E-state index is 14.3. The number of ether oxygens (including phenoxy) is 7. The second kappa shape index (κ2) is 27.4. The number of aliphatic hydroxyl groups is 2. The van der Waals surface area contributed by atoms with Gasteiger partial charge in [0.2, 0.25) is 11.4 Å². The quantitative estimate of drug-likeness (QED) is 0.0134. The van der Waals surface area contributed by atoms with Gasteiger partial charge in [-0.3, -0.25) is 14.4 Å². The summed E-state index contributed by atoms with van der Waals surface area (Å²) < 4.78 is 43.1. The van der Waals surface area contributed by atoms with Crippen molar-refractivity contribution >= 4 is 52.3 Å². The Hall–Kier alpha value is -9.28. The Kier molecular flexibility index (Phi) is 19.3. The lowest BCUT2D eigenvalue weighted by molar-refractivity contribution is -0.189. The van der Waals surface area contributed by atoms with Gasteiger partial charge in [0.25, 0.3) is 5.56 Å². The number of amides is 1. The minimum absolute atomic E-state index is 0.000825. The summed E-state index contributed by atoms with van der Waals surface area (Å²) in [6.07, 6.45) is -4.16. The molecule has 10 rings (SSSR count). The molecule has 470 valence electrons. The van der Waals surface area contributed by atoms with Crippen molar-refractivity contribution in [3.63, 3.8) is 0 Å². The number of hydrogen-bond acceptors (Lipinski definition) is 21. The van der Waals surface area contributed by atoms with Gasteiger partial charge < -0.3 is 79.8 Å². The molecule has 4 aliphatic heterocycles. The number of aromatic nitrogens is 5. The molecule has 89 heavy (non-hydrogen) atoms. The van der Waals surface area contributed by atoms with Crippen molar-refractivity contribution < 1.29 is 77.6 Å². The van der Waals surface area contributed by atoms with E-state index in [1.165, 1.54) is 6.08 Å². The molecule has 7 heterocycles. The van der Waals surface area contributed by atoms with Gasteiger partial charge in [-0.15, -0.1) is 5.10 Å². The van der Waals surface area contributed by atoms with Crippen LogP contribution in [0.25, 0.3) is 44.8 Å². The van der Waals surface area contributed by atoms with Gasteiger partial charge in [-0.1, -0.05) is 68.4 Å². The van der Waals surface area contributed by atoms with Crippen molar-refractivity contribution in [2.24, 2.45) is 22.4 Å². The fourth-order valence-corrected chi connectivity index (χ4v) is 11.8. The Balaban J connectivity index is 0.703. The molecule has 3 aromatic heterocycles. The summed E-state index contributed by atoms with van der Waals surface area (Å²) in [5.41, 5.74) is 17.1. The molecular formula is C62H70N10O17. The summed E-state index contributed by atoms with van der Waals surface area (Å²) in [7, 11) is 0. The number of phenols is 1. The van der Waals surface area contributed by atoms with Crippen LogP contribution in [-0.2, 0) is 90.6 Å². The van der Waals surface area contributed by atoms with Crippen LogP contribution in [0.1, 0.15) is 67.9 Å². The van der Waals surface area contributed by atoms with Crippen LogP contribution >= 0.6 is 0 Å². The number of nitrogens with one attached hydrogen (secondary N) is 1. The monoisotopic (exact) mass is 1230 g/mol. The number of rotatable bonds is 26. The molecule has 0 unspecified atom stereocenters. The number of para-hydroxylation sites is 1. The summed E-state index contributed by atoms with van der Waals surface area (Å²) >= 11 is 0. The van der Waals surface area contributed by atoms with Gasteiger partial charge >= 0.3 is 24.0 Å². The van der Waals surface area contributed by atoms with E-state index in [-0.39, 0.29) is 114 Å². The van der Waals surface area contributed by atoms with E-state index < -0.39 is 77.8 Å². The second-order valence-corrected chi connectivity index (χ2v) is 21.8. The molecule has 0 saturated carbocycles. The third-order valence-electron chi connectivity index (χ3n) is 16.2. The molecular weight excluding hydrogens is 1160 g/mol. The number of carbonyl (C=O) groups excluding carboxylic acids is 4. The number of benzene rings is 3. The van der Waals surface area contributed by atoms with Gasteiger partial charge in [0.05, 0.1) is 107 Å². The number of pyridine rings is 2. The molecule has 27 heteroatoms. The fourth-order valence-electron chi connectivity index (χ4n) is 11.8. The van der Waals surface area contributed by atoms with Crippen molar-refractivity contribution in [1.82, 2.24) is 29.9 Å². The molecule has 6 aromatic rings. The van der Waals surface area contributed by atoms with Crippen LogP contribution in [0.2, 0.25) is 0 Å². The maximum atomic E-state index is 14.3. The van der Waals surface area contributed by atoms with Crippen LogP contribution in [0.15, 0.2) is 94.4 Å². The Morgan fingerprint density at radius 1 is 0.899 bits per heavy atom. The third-order valence-corrected chi connectivity index (χ3v) is 16.2. The molecule has 9 N–H and O–H groups in total. The number of aliphatic hydroxyl groups excluding tert-OH is 2. The first-order valence-corrected chi connectivity index (χ1v) is 29.3. The van der Waals surface area contributed by atoms with Gasteiger partial charge in [-0.2, -0.15) is 0 Å². The van der Waals surface area contributed by atoms with E-state index in [1.54, 1.807) is 47.4 Å². The molecule has 0 spiro atoms. The normalized spacial score (nSPS) is 18.6. The maximum Gasteiger partial charge on any atom is 0.407 e. The number of carboxylic acids is 1. The average molecular weight is 1230 g/mol. The number of aryl methyl sites for hydroxylation is 1. The number of anilines is 1. The number of nitrogens with two attached hydrogens (primary N) is 2. The average Bonchev–Trinajstić information content (AvgIpc) is 1.67. The number of carboxylic acid groups (broad SMARTS) is 1. The van der Waals surface area contributed by atoms with E-state index in [0.29, 0.717) is 42.1 Å². The summed E-state index contributed by atoms with van der Waals surface area (Å²) in [6.45, 7) is 6.20. The van der Waals surface area contributed by atoms with E-state index in [9.17, 15) is 49.2 Å². The second-order valence-electron chi connectivity index (χ2n) is 21.8. The highest BCUT2D eigenvalue weighted by Gasteiger charge is 2.51. The minimum atomic E-state index is -1.96. The first-order valence-electron chi connectivity index (χ1n) is 29.3. The zero-order valence-electron chi connectivity index (χ0n) is 49.3. The Labute approximate surface area is 509 Å². The topological polar surface area (TPSA) is 376 Å². The number of guanidine groups is 1. The SMILES string of the molecule is CCc1c2c(nc3ccc(O)cc13)-c1cc3c(c(=O)n1C2)COC(=O)[C@@]3(CC)OC(=O)CCC(=O)CN1Cc2ccccc2-c2c(nnn2CCOCCOCCOCCNC(=O)O[C@@H]([C@@H]2OC(C(=O)O)=C[C@H](N=C(N)N)[C@H]2C)[C@H](O)CO)-c2ccccc21. The molecule has 0 fully saturated rings. The van der Waals surface area contributed by atoms with Crippen LogP contribution in [-0.4, -0.2) is 164 Å². The molecule has 0 radical (unpaired) electrons. The minimum Gasteiger partial charge on any atom is -0.508 e. The van der Waals surface area contributed by atoms with Crippen molar-refractivity contribution in [3.05, 3.63) is 123 Å². The molecule has 0 saturated heterocycles. The number of esters is 2. The predicted molar refractivity (Wildman–Crippen MR) is 319 cm³/mol. The zero-order chi connectivity index (χ0) is 63.1. The fraction of sp³-hybridized carbons (Fsp3) is 0.419. The summed E-state index contributed by atoms with van der Waals surface area (Å²) in [5, 5.41) is 52.6. The van der Waals surface area contributed by atoms with Crippen molar-refractivity contribution in [2.75, 3.05) is 64.2 Å². The number of Topliss-reactive ketones (excluding diaryl/α,β-unsaturated/α-hetero) is 1. The number of aliphatic carboxylic acids is 1. The van der Waals surface area contributed by atoms with Crippen molar-refractivity contribution in [1.29, 1.82) is 0 Å². The van der Waals surface area contributed by atoms with Crippen LogP contribution in [0.5, 0.6) is 5.75 Å². The Bertz CT molecular complexity index is 3800. The standard InChI is InChI=1S/C62H70N10O17/c1-4-38-41-26-36(74)14-16-45(41)66-52-42(38)31-71-48(52)27-44-43(57(71)78)33-86-59(81)62(44,5-2)89-51(77)17-15-37(75)30-70-29-35-10-6-7-11-39(35)54-53(40-12-8-9-13-47(40)70)68-69-72(54)19-21-84-23-25-85-24-22-83-20-18-65-61(82)88-56(49(76)32-73)55-34(3)46(67-60(63)64)28-50(87-55)58(79)80/h6-14,16,26-28,34,46,49,55-56,73-74,76H,4-5,15,17-25,29-33H2,1-3H3,(H,65,82)(H,79,80)(H4,63,64,67)/t34-,46+,49-,55-,56-,62+/m1/s1. The summed E-state index contributed by atoms with van der Waals surface area (Å²) in [4.78, 5) is 91.5. The number of carbonyl (C=O) groups is 5. The number of fused-ring (bicyclic) bond motifs is 10. The zero-order valence-corrected chi connectivity index (χ0v) is 49.3. The van der Waals surface area contributed by atoms with E-state index in [1.807, 2.05) is 60.4 Å². The lowest BCUT2D eigenvalue weighted by atomic mass is 9.85. The third kappa shape index (κ3) is 13.1. The Morgan fingerprint density at radius 2 is 1.63 bits per heavy atom. The molecule has 3 aromatic carbocycles. The highest BCUT2D eigenvalue weighted by Crippen LogP contribution is 2.44. The van der Waals surface area contributed by atoms with Crippen LogP contribution in [0.3, 0.4) is 0 Å². The molecule has 6 atom stereocenters. The van der Waals surface area contributed by atoms with Crippen LogP contribution in [0, 0.1) is 5.92 Å². The van der Waals surface area contributed by atoms with Gasteiger partial charge in [0.15, 0.2) is 17.8 Å². The highest BCUT2D eigenvalue weighted by atomic mass is 16.6. The number of ketones is 1. The number of phenolic OH excluding ortho intramolecular Hbond substituents is 1. The summed E-state index contributed by atoms with van der Waals surface area (Å²) in [5.74, 6) is -4.75. The number of nitrogens with zero attached hydrogens (tertiary/aromatic N) is 7. The van der Waals surface area contributed by atoms with Gasteiger partial charge in [-0.05, 0) is 60.4 Å². The predicted octanol–water partition coefficient (Wildman–Crippen LogP) is 3.34. The molecule has 0 bridgehead atoms. The lowest BCUT2D eigenvalue weighted by Gasteiger charge is -2.38. The molecule has 4 aliphatic rings. The highest BCUT2D eigenvalue weighted by molar-refractivity contribution is 5.94. The smallest absolute Gasteiger partial charge is 0.407 e. The van der Waals surface area contributed by atoms with E-state index >= 15 is 0 Å².